The Bertz CT molecular complexity index is 10600. The number of rotatable bonds is 9. The van der Waals surface area contributed by atoms with Gasteiger partial charge >= 0.3 is 0 Å². The van der Waals surface area contributed by atoms with Gasteiger partial charge in [0.25, 0.3) is 0 Å². The zero-order chi connectivity index (χ0) is 93.1. The second kappa shape index (κ2) is 32.1. The molecule has 0 radical (unpaired) electrons. The van der Waals surface area contributed by atoms with Crippen LogP contribution in [0.1, 0.15) is 0 Å². The Balaban J connectivity index is 0.000000102. The first-order chi connectivity index (χ1) is 70.6. The largest absolute Gasteiger partial charge is 0.308 e. The molecule has 18 aromatic carbocycles. The number of nitrogens with zero attached hydrogens (tertiary/aromatic N) is 15. The van der Waals surface area contributed by atoms with Crippen molar-refractivity contribution in [3.8, 4) is 68.4 Å². The average molecular weight is 1810 g/mol. The molecule has 0 saturated carbocycles. The molecule has 0 atom stereocenters. The van der Waals surface area contributed by atoms with Gasteiger partial charge in [-0.05, 0) is 140 Å². The molecule has 0 saturated heterocycles. The second-order valence-electron chi connectivity index (χ2n) is 36.1. The van der Waals surface area contributed by atoms with Crippen molar-refractivity contribution in [2.24, 2.45) is 0 Å². The number of fused-ring (bicyclic) bond motifs is 35. The number of hydrogen-bond acceptors (Lipinski definition) is 9. The molecule has 31 rings (SSSR count). The zero-order valence-electron chi connectivity index (χ0n) is 76.2. The van der Waals surface area contributed by atoms with Crippen LogP contribution in [0.5, 0.6) is 0 Å². The molecule has 0 aliphatic rings. The SMILES string of the molecule is c1ccc(-c2nc(-c3ccccc3)c3cc(-n4c5ccccc5c5c6cccnc6c6c(c7ccccc7n6-c6ccccc6)c54)ccc3n2)cc1.c1ccc(-c2nc(-n3c4ccccc4c4c5cccnc5c5c(c6ccccc6n5-c5ccccc5)c43)c3ccccc3n2)cc1.c1ccc(-n2c3ccccc3c3c2c2ncccc2c2c4ccccc4n(-c4ccc5ccc6cccnc6c5n4)c23)cc1. The third-order valence-electron chi connectivity index (χ3n) is 28.4. The summed E-state index contributed by atoms with van der Waals surface area (Å²) in [6, 6.07) is 155. The van der Waals surface area contributed by atoms with E-state index in [2.05, 4.69) is 404 Å². The Hall–Kier alpha value is -19.5. The quantitative estimate of drug-likeness (QED) is 0.129. The van der Waals surface area contributed by atoms with Crippen molar-refractivity contribution in [1.82, 2.24) is 72.3 Å². The van der Waals surface area contributed by atoms with E-state index in [1.807, 2.05) is 91.5 Å². The second-order valence-corrected chi connectivity index (χ2v) is 36.1. The molecule has 0 fully saturated rings. The molecule has 0 aliphatic heterocycles. The van der Waals surface area contributed by atoms with Gasteiger partial charge in [-0.2, -0.15) is 0 Å². The van der Waals surface area contributed by atoms with Crippen LogP contribution in [0.25, 0.3) is 276 Å². The van der Waals surface area contributed by atoms with Crippen LogP contribution in [0.2, 0.25) is 0 Å². The highest BCUT2D eigenvalue weighted by molar-refractivity contribution is 6.39. The lowest BCUT2D eigenvalue weighted by Crippen LogP contribution is -2.03. The number of benzene rings is 18. The Labute approximate surface area is 810 Å². The third kappa shape index (κ3) is 12.1. The van der Waals surface area contributed by atoms with Crippen LogP contribution in [0.4, 0.5) is 0 Å². The maximum Gasteiger partial charge on any atom is 0.162 e. The minimum absolute atomic E-state index is 0.700. The molecule has 0 spiro atoms. The first-order valence-corrected chi connectivity index (χ1v) is 47.8. The van der Waals surface area contributed by atoms with E-state index < -0.39 is 0 Å². The molecule has 0 bridgehead atoms. The summed E-state index contributed by atoms with van der Waals surface area (Å²) in [5.74, 6) is 3.14. The molecule has 0 aliphatic carbocycles. The smallest absolute Gasteiger partial charge is 0.162 e. The number of pyridine rings is 5. The van der Waals surface area contributed by atoms with E-state index in [1.165, 1.54) is 53.9 Å². The number of para-hydroxylation sites is 10. The van der Waals surface area contributed by atoms with Gasteiger partial charge in [0.05, 0.1) is 111 Å². The van der Waals surface area contributed by atoms with Gasteiger partial charge in [0.15, 0.2) is 11.6 Å². The van der Waals surface area contributed by atoms with Gasteiger partial charge in [-0.1, -0.05) is 303 Å². The van der Waals surface area contributed by atoms with Crippen molar-refractivity contribution >= 4 is 207 Å². The molecule has 31 aromatic rings. The van der Waals surface area contributed by atoms with Crippen molar-refractivity contribution < 1.29 is 0 Å². The van der Waals surface area contributed by atoms with Crippen LogP contribution in [-0.2, 0) is 0 Å². The fourth-order valence-corrected chi connectivity index (χ4v) is 22.6. The summed E-state index contributed by atoms with van der Waals surface area (Å²) < 4.78 is 14.3. The van der Waals surface area contributed by atoms with Crippen LogP contribution in [-0.4, -0.2) is 72.3 Å². The summed E-state index contributed by atoms with van der Waals surface area (Å²) in [6.07, 6.45) is 7.57. The lowest BCUT2D eigenvalue weighted by Gasteiger charge is -2.14. The van der Waals surface area contributed by atoms with Crippen molar-refractivity contribution in [3.63, 3.8) is 0 Å². The van der Waals surface area contributed by atoms with Crippen LogP contribution in [0.15, 0.2) is 468 Å². The molecule has 15 nitrogen and oxygen atoms in total. The summed E-state index contributed by atoms with van der Waals surface area (Å²) in [4.78, 5) is 46.1. The Morgan fingerprint density at radius 2 is 0.486 bits per heavy atom. The van der Waals surface area contributed by atoms with Crippen LogP contribution < -0.4 is 0 Å². The molecular weight excluding hydrogens is 1740 g/mol. The van der Waals surface area contributed by atoms with Crippen LogP contribution in [0.3, 0.4) is 0 Å². The first kappa shape index (κ1) is 79.8. The predicted octanol–water partition coefficient (Wildman–Crippen LogP) is 31.3. The standard InChI is InChI=1S/C47H29N5.C41H25N5.C39H23N5/c1-4-15-30(16-5-1)43-37-29-33(26-27-38(37)49-47(50-43)31-17-6-2-7-18-31)52-39-24-12-10-21-34(39)41-36-23-14-28-48-44(36)46-42(45(41)52)35-22-11-13-25-40(35)51(46)32-19-8-3-9-20-32;1-3-14-26(15-4-1)40-43-32-22-10-7-18-28(32)41(44-40)46-34-24-12-8-19-29(34)35-31-21-13-25-42-37(31)39-36(38(35)46)30-20-9-11-23-33(30)45(39)27-16-5-2-6-17-27;1-2-11-26(12-3-1)43-30-16-6-5-14-28(30)34-38-33(29-15-9-23-41-37(29)39(34)43)27-13-4-7-17-31(27)44(38)32-21-20-25-19-18-24-10-8-22-40-35(24)36(25)42-32/h1-29H;1-25H;1-23H. The summed E-state index contributed by atoms with van der Waals surface area (Å²) in [5.41, 5.74) is 28.3. The van der Waals surface area contributed by atoms with E-state index in [9.17, 15) is 0 Å². The minimum atomic E-state index is 0.700. The molecule has 13 aromatic heterocycles. The van der Waals surface area contributed by atoms with Gasteiger partial charge in [-0.25, -0.2) is 24.9 Å². The van der Waals surface area contributed by atoms with Crippen LogP contribution >= 0.6 is 0 Å². The number of hydrogen-bond donors (Lipinski definition) is 0. The highest BCUT2D eigenvalue weighted by Crippen LogP contribution is 2.52. The molecule has 13 heterocycles. The summed E-state index contributed by atoms with van der Waals surface area (Å²) in [6.45, 7) is 0. The van der Waals surface area contributed by atoms with Gasteiger partial charge < -0.3 is 18.3 Å². The van der Waals surface area contributed by atoms with E-state index in [1.54, 1.807) is 0 Å². The number of aromatic nitrogens is 15. The molecule has 142 heavy (non-hydrogen) atoms. The van der Waals surface area contributed by atoms with Gasteiger partial charge in [0.1, 0.15) is 11.6 Å². The first-order valence-electron chi connectivity index (χ1n) is 47.8. The molecule has 0 N–H and O–H groups in total. The Kier molecular flexibility index (Phi) is 18.0. The molecule has 0 amide bonds. The molecule has 660 valence electrons. The minimum Gasteiger partial charge on any atom is -0.308 e. The van der Waals surface area contributed by atoms with Crippen molar-refractivity contribution in [1.29, 1.82) is 0 Å². The zero-order valence-corrected chi connectivity index (χ0v) is 76.2. The summed E-state index contributed by atoms with van der Waals surface area (Å²) >= 11 is 0. The highest BCUT2D eigenvalue weighted by atomic mass is 15.1. The lowest BCUT2D eigenvalue weighted by molar-refractivity contribution is 1.08. The van der Waals surface area contributed by atoms with E-state index in [-0.39, 0.29) is 0 Å². The van der Waals surface area contributed by atoms with Gasteiger partial charge in [-0.15, -0.1) is 0 Å². The van der Waals surface area contributed by atoms with Crippen LogP contribution in [0, 0.1) is 0 Å². The van der Waals surface area contributed by atoms with E-state index in [0.29, 0.717) is 11.6 Å². The third-order valence-corrected chi connectivity index (χ3v) is 28.4. The maximum atomic E-state index is 5.38. The van der Waals surface area contributed by atoms with Gasteiger partial charge in [-0.3, -0.25) is 29.1 Å². The van der Waals surface area contributed by atoms with Gasteiger partial charge in [0, 0.05) is 167 Å². The topological polar surface area (TPSA) is 146 Å². The summed E-state index contributed by atoms with van der Waals surface area (Å²) in [5, 5.41) is 21.6. The highest BCUT2D eigenvalue weighted by Gasteiger charge is 2.32. The predicted molar refractivity (Wildman–Crippen MR) is 584 cm³/mol. The van der Waals surface area contributed by atoms with Gasteiger partial charge in [0.2, 0.25) is 0 Å². The monoisotopic (exact) mass is 1810 g/mol. The molecule has 0 unspecified atom stereocenters. The maximum absolute atomic E-state index is 5.38. The van der Waals surface area contributed by atoms with Crippen molar-refractivity contribution in [3.05, 3.63) is 468 Å². The van der Waals surface area contributed by atoms with Crippen molar-refractivity contribution in [2.45, 2.75) is 0 Å². The average Bonchev–Trinajstić information content (AvgIpc) is 1.53. The fourth-order valence-electron chi connectivity index (χ4n) is 22.6. The van der Waals surface area contributed by atoms with Crippen molar-refractivity contribution in [2.75, 3.05) is 0 Å². The van der Waals surface area contributed by atoms with E-state index in [0.717, 1.165) is 210 Å². The fraction of sp³-hybridized carbons (Fsp3) is 0. The van der Waals surface area contributed by atoms with E-state index >= 15 is 0 Å². The summed E-state index contributed by atoms with van der Waals surface area (Å²) in [7, 11) is 0. The van der Waals surface area contributed by atoms with E-state index in [4.69, 9.17) is 44.9 Å². The molecular formula is C127H77N15. The molecule has 15 heteroatoms. The lowest BCUT2D eigenvalue weighted by atomic mass is 10.0. The Morgan fingerprint density at radius 3 is 0.937 bits per heavy atom. The Morgan fingerprint density at radius 1 is 0.169 bits per heavy atom. The normalized spacial score (nSPS) is 11.9.